The number of para-hydroxylation sites is 1. The Balaban J connectivity index is 1.88. The number of hydrogen-bond acceptors (Lipinski definition) is 2. The maximum absolute atomic E-state index is 12.0. The summed E-state index contributed by atoms with van der Waals surface area (Å²) in [5.41, 5.74) is 1.04. The highest BCUT2D eigenvalue weighted by Gasteiger charge is 2.17. The van der Waals surface area contributed by atoms with Crippen LogP contribution in [0.5, 0.6) is 5.75 Å². The highest BCUT2D eigenvalue weighted by Crippen LogP contribution is 2.12. The number of aromatic nitrogens is 1. The van der Waals surface area contributed by atoms with Gasteiger partial charge in [-0.05, 0) is 30.2 Å². The van der Waals surface area contributed by atoms with Crippen molar-refractivity contribution in [2.45, 2.75) is 26.0 Å². The highest BCUT2D eigenvalue weighted by atomic mass is 16.5. The van der Waals surface area contributed by atoms with Crippen molar-refractivity contribution in [1.82, 2.24) is 10.3 Å². The summed E-state index contributed by atoms with van der Waals surface area (Å²) in [6.07, 6.45) is 3.87. The molecule has 4 heteroatoms. The number of aromatic amines is 1. The number of rotatable bonds is 6. The summed E-state index contributed by atoms with van der Waals surface area (Å²) < 4.78 is 5.68. The minimum atomic E-state index is -0.457. The van der Waals surface area contributed by atoms with Gasteiger partial charge in [-0.2, -0.15) is 0 Å². The quantitative estimate of drug-likeness (QED) is 0.836. The molecule has 1 heterocycles. The van der Waals surface area contributed by atoms with Crippen LogP contribution in [0.2, 0.25) is 0 Å². The van der Waals surface area contributed by atoms with Gasteiger partial charge in [0.15, 0.2) is 6.10 Å². The van der Waals surface area contributed by atoms with E-state index in [2.05, 4.69) is 10.3 Å². The average molecular weight is 258 g/mol. The first kappa shape index (κ1) is 13.2. The predicted molar refractivity (Wildman–Crippen MR) is 73.8 cm³/mol. The number of amides is 1. The largest absolute Gasteiger partial charge is 0.481 e. The third-order valence-corrected chi connectivity index (χ3v) is 2.81. The average Bonchev–Trinajstić information content (AvgIpc) is 2.96. The molecule has 0 bridgehead atoms. The highest BCUT2D eigenvalue weighted by molar-refractivity contribution is 5.81. The maximum Gasteiger partial charge on any atom is 0.261 e. The second-order valence-corrected chi connectivity index (χ2v) is 4.26. The molecule has 0 spiro atoms. The van der Waals surface area contributed by atoms with E-state index in [0.29, 0.717) is 18.7 Å². The summed E-state index contributed by atoms with van der Waals surface area (Å²) >= 11 is 0. The number of nitrogens with one attached hydrogen (secondary N) is 2. The molecule has 0 aliphatic carbocycles. The maximum atomic E-state index is 12.0. The monoisotopic (exact) mass is 258 g/mol. The molecule has 2 aromatic rings. The Morgan fingerprint density at radius 2 is 2.11 bits per heavy atom. The minimum Gasteiger partial charge on any atom is -0.481 e. The Morgan fingerprint density at radius 1 is 1.32 bits per heavy atom. The van der Waals surface area contributed by atoms with E-state index in [1.165, 1.54) is 0 Å². The SMILES string of the molecule is CCC(Oc1ccccc1)C(=O)NCc1cc[nH]c1. The van der Waals surface area contributed by atoms with Crippen molar-refractivity contribution in [1.29, 1.82) is 0 Å². The van der Waals surface area contributed by atoms with Gasteiger partial charge in [0.05, 0.1) is 0 Å². The molecule has 19 heavy (non-hydrogen) atoms. The molecule has 1 unspecified atom stereocenters. The number of carbonyl (C=O) groups excluding carboxylic acids is 1. The van der Waals surface area contributed by atoms with Gasteiger partial charge in [-0.1, -0.05) is 25.1 Å². The second-order valence-electron chi connectivity index (χ2n) is 4.26. The lowest BCUT2D eigenvalue weighted by Crippen LogP contribution is -2.37. The van der Waals surface area contributed by atoms with Gasteiger partial charge in [-0.15, -0.1) is 0 Å². The van der Waals surface area contributed by atoms with E-state index in [-0.39, 0.29) is 5.91 Å². The zero-order chi connectivity index (χ0) is 13.5. The van der Waals surface area contributed by atoms with Crippen LogP contribution in [0.15, 0.2) is 48.8 Å². The summed E-state index contributed by atoms with van der Waals surface area (Å²) in [5.74, 6) is 0.624. The molecule has 0 fully saturated rings. The van der Waals surface area contributed by atoms with E-state index >= 15 is 0 Å². The van der Waals surface area contributed by atoms with E-state index in [4.69, 9.17) is 4.74 Å². The van der Waals surface area contributed by atoms with Gasteiger partial charge in [0.1, 0.15) is 5.75 Å². The Hall–Kier alpha value is -2.23. The molecule has 0 radical (unpaired) electrons. The molecular formula is C15H18N2O2. The Labute approximate surface area is 112 Å². The van der Waals surface area contributed by atoms with Crippen molar-refractivity contribution in [2.75, 3.05) is 0 Å². The molecule has 1 atom stereocenters. The van der Waals surface area contributed by atoms with Gasteiger partial charge in [-0.25, -0.2) is 0 Å². The third-order valence-electron chi connectivity index (χ3n) is 2.81. The lowest BCUT2D eigenvalue weighted by atomic mass is 10.2. The third kappa shape index (κ3) is 3.88. The molecule has 1 aromatic carbocycles. The summed E-state index contributed by atoms with van der Waals surface area (Å²) in [6, 6.07) is 11.3. The number of ether oxygens (including phenoxy) is 1. The first-order chi connectivity index (χ1) is 9.29. The van der Waals surface area contributed by atoms with Gasteiger partial charge < -0.3 is 15.0 Å². The normalized spacial score (nSPS) is 11.8. The lowest BCUT2D eigenvalue weighted by Gasteiger charge is -2.17. The fourth-order valence-corrected chi connectivity index (χ4v) is 1.76. The van der Waals surface area contributed by atoms with Crippen molar-refractivity contribution >= 4 is 5.91 Å². The van der Waals surface area contributed by atoms with Crippen LogP contribution >= 0.6 is 0 Å². The second kappa shape index (κ2) is 6.64. The van der Waals surface area contributed by atoms with Crippen LogP contribution in [-0.2, 0) is 11.3 Å². The van der Waals surface area contributed by atoms with Crippen LogP contribution in [0.1, 0.15) is 18.9 Å². The van der Waals surface area contributed by atoms with E-state index in [9.17, 15) is 4.79 Å². The Kier molecular flexibility index (Phi) is 4.61. The molecular weight excluding hydrogens is 240 g/mol. The summed E-state index contributed by atoms with van der Waals surface area (Å²) in [6.45, 7) is 2.44. The fourth-order valence-electron chi connectivity index (χ4n) is 1.76. The number of carbonyl (C=O) groups is 1. The van der Waals surface area contributed by atoms with Crippen molar-refractivity contribution in [3.63, 3.8) is 0 Å². The van der Waals surface area contributed by atoms with Crippen LogP contribution in [0.25, 0.3) is 0 Å². The predicted octanol–water partition coefficient (Wildman–Crippen LogP) is 2.49. The summed E-state index contributed by atoms with van der Waals surface area (Å²) in [5, 5.41) is 2.87. The molecule has 0 saturated heterocycles. The molecule has 1 amide bonds. The Bertz CT molecular complexity index is 494. The smallest absolute Gasteiger partial charge is 0.261 e. The first-order valence-electron chi connectivity index (χ1n) is 6.40. The lowest BCUT2D eigenvalue weighted by molar-refractivity contribution is -0.128. The van der Waals surface area contributed by atoms with E-state index in [1.807, 2.05) is 55.7 Å². The van der Waals surface area contributed by atoms with Crippen molar-refractivity contribution < 1.29 is 9.53 Å². The zero-order valence-electron chi connectivity index (χ0n) is 10.9. The zero-order valence-corrected chi connectivity index (χ0v) is 10.9. The topological polar surface area (TPSA) is 54.1 Å². The molecule has 0 aliphatic rings. The van der Waals surface area contributed by atoms with Gasteiger partial charge in [0.2, 0.25) is 0 Å². The van der Waals surface area contributed by atoms with E-state index in [1.54, 1.807) is 0 Å². The summed E-state index contributed by atoms with van der Waals surface area (Å²) in [7, 11) is 0. The molecule has 2 N–H and O–H groups in total. The van der Waals surface area contributed by atoms with E-state index in [0.717, 1.165) is 5.56 Å². The first-order valence-corrected chi connectivity index (χ1v) is 6.40. The van der Waals surface area contributed by atoms with Crippen molar-refractivity contribution in [2.24, 2.45) is 0 Å². The molecule has 2 rings (SSSR count). The van der Waals surface area contributed by atoms with Crippen LogP contribution < -0.4 is 10.1 Å². The van der Waals surface area contributed by atoms with Gasteiger partial charge in [-0.3, -0.25) is 4.79 Å². The van der Waals surface area contributed by atoms with Crippen LogP contribution in [0.3, 0.4) is 0 Å². The molecule has 1 aromatic heterocycles. The van der Waals surface area contributed by atoms with Gasteiger partial charge in [0, 0.05) is 18.9 Å². The molecule has 0 aliphatic heterocycles. The minimum absolute atomic E-state index is 0.0902. The van der Waals surface area contributed by atoms with Crippen molar-refractivity contribution in [3.05, 3.63) is 54.4 Å². The standard InChI is InChI=1S/C15H18N2O2/c1-2-14(19-13-6-4-3-5-7-13)15(18)17-11-12-8-9-16-10-12/h3-10,14,16H,2,11H2,1H3,(H,17,18). The van der Waals surface area contributed by atoms with Crippen LogP contribution in [0.4, 0.5) is 0 Å². The molecule has 100 valence electrons. The number of H-pyrrole nitrogens is 1. The fraction of sp³-hybridized carbons (Fsp3) is 0.267. The summed E-state index contributed by atoms with van der Waals surface area (Å²) in [4.78, 5) is 15.0. The van der Waals surface area contributed by atoms with Gasteiger partial charge >= 0.3 is 0 Å². The van der Waals surface area contributed by atoms with Crippen LogP contribution in [-0.4, -0.2) is 17.0 Å². The number of hydrogen-bond donors (Lipinski definition) is 2. The Morgan fingerprint density at radius 3 is 2.74 bits per heavy atom. The number of benzene rings is 1. The van der Waals surface area contributed by atoms with Crippen LogP contribution in [0, 0.1) is 0 Å². The molecule has 0 saturated carbocycles. The molecule has 4 nitrogen and oxygen atoms in total. The van der Waals surface area contributed by atoms with E-state index < -0.39 is 6.10 Å². The van der Waals surface area contributed by atoms with Crippen molar-refractivity contribution in [3.8, 4) is 5.75 Å². The van der Waals surface area contributed by atoms with Gasteiger partial charge in [0.25, 0.3) is 5.91 Å².